The summed E-state index contributed by atoms with van der Waals surface area (Å²) in [6.45, 7) is 1.23. The molecule has 1 fully saturated rings. The molecule has 2 aromatic rings. The van der Waals surface area contributed by atoms with E-state index in [2.05, 4.69) is 29.6 Å². The molecule has 3 rings (SSSR count). The van der Waals surface area contributed by atoms with E-state index in [-0.39, 0.29) is 12.0 Å². The third-order valence-corrected chi connectivity index (χ3v) is 3.35. The number of hydrogen-bond donors (Lipinski definition) is 1. The molecule has 0 spiro atoms. The maximum absolute atomic E-state index is 11.4. The molecule has 1 aliphatic heterocycles. The van der Waals surface area contributed by atoms with Gasteiger partial charge in [0.15, 0.2) is 0 Å². The smallest absolute Gasteiger partial charge is 0.323 e. The lowest BCUT2D eigenvalue weighted by molar-refractivity contribution is -0.139. The van der Waals surface area contributed by atoms with Gasteiger partial charge in [0.25, 0.3) is 0 Å². The van der Waals surface area contributed by atoms with Crippen LogP contribution in [0.3, 0.4) is 0 Å². The minimum Gasteiger partial charge on any atom is -0.464 e. The molecule has 18 heavy (non-hydrogen) atoms. The summed E-state index contributed by atoms with van der Waals surface area (Å²) in [6, 6.07) is 14.4. The van der Waals surface area contributed by atoms with Gasteiger partial charge in [-0.3, -0.25) is 4.79 Å². The van der Waals surface area contributed by atoms with E-state index in [0.717, 1.165) is 6.42 Å². The largest absolute Gasteiger partial charge is 0.464 e. The van der Waals surface area contributed by atoms with Gasteiger partial charge in [0, 0.05) is 13.0 Å². The molecular formula is C15H15NO2. The Hall–Kier alpha value is -1.87. The van der Waals surface area contributed by atoms with Crippen LogP contribution in [0.1, 0.15) is 12.0 Å². The summed E-state index contributed by atoms with van der Waals surface area (Å²) in [5, 5.41) is 5.73. The lowest BCUT2D eigenvalue weighted by Crippen LogP contribution is -2.32. The average Bonchev–Trinajstić information content (AvgIpc) is 2.82. The van der Waals surface area contributed by atoms with Crippen molar-refractivity contribution in [1.29, 1.82) is 0 Å². The van der Waals surface area contributed by atoms with Crippen LogP contribution < -0.4 is 5.32 Å². The summed E-state index contributed by atoms with van der Waals surface area (Å²) in [5.74, 6) is -0.129. The van der Waals surface area contributed by atoms with Crippen LogP contribution in [-0.4, -0.2) is 18.6 Å². The highest BCUT2D eigenvalue weighted by Crippen LogP contribution is 2.18. The van der Waals surface area contributed by atoms with E-state index in [1.165, 1.54) is 16.3 Å². The molecule has 3 nitrogen and oxygen atoms in total. The minimum absolute atomic E-state index is 0.129. The van der Waals surface area contributed by atoms with E-state index in [0.29, 0.717) is 13.2 Å². The van der Waals surface area contributed by atoms with Crippen LogP contribution in [0, 0.1) is 0 Å². The van der Waals surface area contributed by atoms with Crippen LogP contribution in [0.25, 0.3) is 10.8 Å². The quantitative estimate of drug-likeness (QED) is 0.838. The third kappa shape index (κ3) is 2.09. The summed E-state index contributed by atoms with van der Waals surface area (Å²) < 4.78 is 4.94. The zero-order chi connectivity index (χ0) is 12.4. The second-order valence-electron chi connectivity index (χ2n) is 4.53. The molecule has 2 aromatic carbocycles. The molecule has 0 saturated carbocycles. The van der Waals surface area contributed by atoms with Gasteiger partial charge in [-0.15, -0.1) is 0 Å². The average molecular weight is 241 g/mol. The topological polar surface area (TPSA) is 38.3 Å². The Labute approximate surface area is 106 Å². The fourth-order valence-electron chi connectivity index (χ4n) is 2.36. The monoisotopic (exact) mass is 241 g/mol. The molecule has 1 heterocycles. The van der Waals surface area contributed by atoms with Gasteiger partial charge in [0.05, 0.1) is 6.61 Å². The van der Waals surface area contributed by atoms with E-state index in [1.807, 2.05) is 18.2 Å². The Morgan fingerprint density at radius 1 is 1.17 bits per heavy atom. The molecule has 0 radical (unpaired) electrons. The van der Waals surface area contributed by atoms with Crippen molar-refractivity contribution in [2.24, 2.45) is 0 Å². The lowest BCUT2D eigenvalue weighted by atomic mass is 10.0. The van der Waals surface area contributed by atoms with Crippen LogP contribution in [0.2, 0.25) is 0 Å². The molecule has 1 N–H and O–H groups in total. The number of fused-ring (bicyclic) bond motifs is 1. The summed E-state index contributed by atoms with van der Waals surface area (Å²) in [7, 11) is 0. The first-order chi connectivity index (χ1) is 8.84. The zero-order valence-electron chi connectivity index (χ0n) is 10.1. The van der Waals surface area contributed by atoms with E-state index >= 15 is 0 Å². The highest BCUT2D eigenvalue weighted by Gasteiger charge is 2.25. The number of rotatable bonds is 3. The highest BCUT2D eigenvalue weighted by molar-refractivity contribution is 5.85. The van der Waals surface area contributed by atoms with Crippen molar-refractivity contribution in [3.05, 3.63) is 48.0 Å². The first kappa shape index (κ1) is 11.2. The van der Waals surface area contributed by atoms with E-state index in [4.69, 9.17) is 4.74 Å². The Morgan fingerprint density at radius 2 is 2.00 bits per heavy atom. The molecule has 1 unspecified atom stereocenters. The highest BCUT2D eigenvalue weighted by atomic mass is 16.5. The van der Waals surface area contributed by atoms with Crippen LogP contribution in [-0.2, 0) is 16.1 Å². The SMILES string of the molecule is O=C1OCCC1NCc1cccc2ccccc12. The summed E-state index contributed by atoms with van der Waals surface area (Å²) in [4.78, 5) is 11.4. The third-order valence-electron chi connectivity index (χ3n) is 3.35. The Balaban J connectivity index is 1.80. The van der Waals surface area contributed by atoms with Crippen molar-refractivity contribution in [2.45, 2.75) is 19.0 Å². The molecule has 0 bridgehead atoms. The number of cyclic esters (lactones) is 1. The van der Waals surface area contributed by atoms with Crippen molar-refractivity contribution in [3.8, 4) is 0 Å². The van der Waals surface area contributed by atoms with Gasteiger partial charge in [-0.25, -0.2) is 0 Å². The van der Waals surface area contributed by atoms with Gasteiger partial charge >= 0.3 is 5.97 Å². The first-order valence-corrected chi connectivity index (χ1v) is 6.21. The number of carbonyl (C=O) groups is 1. The summed E-state index contributed by atoms with van der Waals surface area (Å²) in [6.07, 6.45) is 0.767. The molecule has 1 aliphatic rings. The Morgan fingerprint density at radius 3 is 2.83 bits per heavy atom. The molecule has 1 saturated heterocycles. The van der Waals surface area contributed by atoms with Crippen LogP contribution in [0.5, 0.6) is 0 Å². The summed E-state index contributed by atoms with van der Waals surface area (Å²) >= 11 is 0. The van der Waals surface area contributed by atoms with Gasteiger partial charge in [-0.1, -0.05) is 42.5 Å². The molecule has 0 amide bonds. The van der Waals surface area contributed by atoms with E-state index in [9.17, 15) is 4.79 Å². The van der Waals surface area contributed by atoms with Gasteiger partial charge in [0.1, 0.15) is 6.04 Å². The molecule has 1 atom stereocenters. The van der Waals surface area contributed by atoms with Crippen molar-refractivity contribution < 1.29 is 9.53 Å². The van der Waals surface area contributed by atoms with Crippen molar-refractivity contribution in [1.82, 2.24) is 5.32 Å². The van der Waals surface area contributed by atoms with Crippen LogP contribution in [0.15, 0.2) is 42.5 Å². The number of carbonyl (C=O) groups excluding carboxylic acids is 1. The standard InChI is InChI=1S/C15H15NO2/c17-15-14(8-9-18-15)16-10-12-6-3-5-11-4-1-2-7-13(11)12/h1-7,14,16H,8-10H2. The lowest BCUT2D eigenvalue weighted by Gasteiger charge is -2.10. The number of nitrogens with one attached hydrogen (secondary N) is 1. The Kier molecular flexibility index (Phi) is 2.99. The predicted octanol–water partition coefficient (Wildman–Crippen LogP) is 2.24. The fourth-order valence-corrected chi connectivity index (χ4v) is 2.36. The molecule has 0 aliphatic carbocycles. The number of benzene rings is 2. The minimum atomic E-state index is -0.149. The summed E-state index contributed by atoms with van der Waals surface area (Å²) in [5.41, 5.74) is 1.22. The number of ether oxygens (including phenoxy) is 1. The van der Waals surface area contributed by atoms with Crippen LogP contribution in [0.4, 0.5) is 0 Å². The maximum Gasteiger partial charge on any atom is 0.323 e. The molecule has 3 heteroatoms. The van der Waals surface area contributed by atoms with Crippen molar-refractivity contribution in [3.63, 3.8) is 0 Å². The van der Waals surface area contributed by atoms with Crippen molar-refractivity contribution >= 4 is 16.7 Å². The maximum atomic E-state index is 11.4. The van der Waals surface area contributed by atoms with Gasteiger partial charge in [-0.05, 0) is 16.3 Å². The fraction of sp³-hybridized carbons (Fsp3) is 0.267. The number of esters is 1. The molecule has 92 valence electrons. The first-order valence-electron chi connectivity index (χ1n) is 6.21. The Bertz CT molecular complexity index is 574. The zero-order valence-corrected chi connectivity index (χ0v) is 10.1. The molecular weight excluding hydrogens is 226 g/mol. The second kappa shape index (κ2) is 4.78. The van der Waals surface area contributed by atoms with E-state index < -0.39 is 0 Å². The molecule has 0 aromatic heterocycles. The van der Waals surface area contributed by atoms with Gasteiger partial charge in [-0.2, -0.15) is 0 Å². The number of hydrogen-bond acceptors (Lipinski definition) is 3. The van der Waals surface area contributed by atoms with Crippen molar-refractivity contribution in [2.75, 3.05) is 6.61 Å². The second-order valence-corrected chi connectivity index (χ2v) is 4.53. The van der Waals surface area contributed by atoms with Gasteiger partial charge in [0.2, 0.25) is 0 Å². The van der Waals surface area contributed by atoms with E-state index in [1.54, 1.807) is 0 Å². The van der Waals surface area contributed by atoms with Crippen LogP contribution >= 0.6 is 0 Å². The predicted molar refractivity (Wildman–Crippen MR) is 70.2 cm³/mol. The normalized spacial score (nSPS) is 19.1. The van der Waals surface area contributed by atoms with Gasteiger partial charge < -0.3 is 10.1 Å².